The molecular formula is C28H33N5O8. The lowest BCUT2D eigenvalue weighted by molar-refractivity contribution is -0.384. The molecule has 0 saturated carbocycles. The first kappa shape index (κ1) is 30.8. The summed E-state index contributed by atoms with van der Waals surface area (Å²) in [5.74, 6) is -2.54. The normalized spacial score (nSPS) is 13.7. The number of para-hydroxylation sites is 2. The van der Waals surface area contributed by atoms with E-state index in [2.05, 4.69) is 15.3 Å². The number of aromatic nitrogens is 2. The van der Waals surface area contributed by atoms with Gasteiger partial charge in [0, 0.05) is 50.4 Å². The van der Waals surface area contributed by atoms with E-state index in [0.717, 1.165) is 0 Å². The number of hydrogen-bond acceptors (Lipinski definition) is 12. The minimum absolute atomic E-state index is 0.0564. The number of nitrogens with zero attached hydrogens (tertiary/aromatic N) is 3. The van der Waals surface area contributed by atoms with Gasteiger partial charge in [0.1, 0.15) is 17.8 Å². The molecule has 0 aliphatic rings. The van der Waals surface area contributed by atoms with Gasteiger partial charge in [0.15, 0.2) is 0 Å². The number of hydrogen-bond donors (Lipinski definition) is 2. The van der Waals surface area contributed by atoms with E-state index in [0.29, 0.717) is 22.9 Å². The standard InChI is InChI=1S/C28H33N5O8/c1-5-28(2,40-26(34)20(29)14-18-10-12-30-24(16-18)38-3)41-27(35)22(15-19-11-13-31-25(17-19)39-4)32-21-8-6-7-9-23(21)33(36)37/h6-13,16-17,20,22,32H,5,14-15,29H2,1-4H3. The van der Waals surface area contributed by atoms with E-state index < -0.39 is 34.7 Å². The molecule has 41 heavy (non-hydrogen) atoms. The number of anilines is 1. The fourth-order valence-electron chi connectivity index (χ4n) is 3.82. The summed E-state index contributed by atoms with van der Waals surface area (Å²) in [6.07, 6.45) is 3.35. The van der Waals surface area contributed by atoms with Gasteiger partial charge in [-0.3, -0.25) is 14.9 Å². The van der Waals surface area contributed by atoms with Crippen molar-refractivity contribution in [3.05, 3.63) is 82.2 Å². The van der Waals surface area contributed by atoms with E-state index in [1.54, 1.807) is 37.3 Å². The molecule has 3 atom stereocenters. The van der Waals surface area contributed by atoms with Crippen LogP contribution in [0.25, 0.3) is 0 Å². The van der Waals surface area contributed by atoms with Gasteiger partial charge in [-0.15, -0.1) is 0 Å². The zero-order valence-electron chi connectivity index (χ0n) is 23.2. The maximum absolute atomic E-state index is 13.5. The maximum atomic E-state index is 13.5. The van der Waals surface area contributed by atoms with Crippen molar-refractivity contribution in [3.8, 4) is 11.8 Å². The lowest BCUT2D eigenvalue weighted by Crippen LogP contribution is -2.46. The van der Waals surface area contributed by atoms with Gasteiger partial charge in [0.2, 0.25) is 11.8 Å². The first-order valence-corrected chi connectivity index (χ1v) is 12.8. The van der Waals surface area contributed by atoms with Gasteiger partial charge in [0.25, 0.3) is 11.5 Å². The maximum Gasteiger partial charge on any atom is 0.332 e. The molecule has 13 heteroatoms. The van der Waals surface area contributed by atoms with Crippen molar-refractivity contribution < 1.29 is 33.5 Å². The van der Waals surface area contributed by atoms with Crippen LogP contribution in [0.4, 0.5) is 11.4 Å². The van der Waals surface area contributed by atoms with E-state index >= 15 is 0 Å². The van der Waals surface area contributed by atoms with Crippen LogP contribution in [0.3, 0.4) is 0 Å². The highest BCUT2D eigenvalue weighted by atomic mass is 16.7. The quantitative estimate of drug-likeness (QED) is 0.126. The van der Waals surface area contributed by atoms with Gasteiger partial charge in [-0.2, -0.15) is 0 Å². The number of nitro groups is 1. The zero-order chi connectivity index (χ0) is 30.0. The number of carbonyl (C=O) groups is 2. The molecule has 3 rings (SSSR count). The predicted octanol–water partition coefficient (Wildman–Crippen LogP) is 3.21. The second-order valence-corrected chi connectivity index (χ2v) is 9.23. The summed E-state index contributed by atoms with van der Waals surface area (Å²) >= 11 is 0. The molecule has 0 amide bonds. The summed E-state index contributed by atoms with van der Waals surface area (Å²) in [6.45, 7) is 3.13. The van der Waals surface area contributed by atoms with E-state index in [1.807, 2.05) is 0 Å². The summed E-state index contributed by atoms with van der Waals surface area (Å²) in [4.78, 5) is 45.6. The van der Waals surface area contributed by atoms with E-state index in [9.17, 15) is 19.7 Å². The molecule has 3 N–H and O–H groups in total. The number of nitro benzene ring substituents is 1. The van der Waals surface area contributed by atoms with Crippen LogP contribution in [0, 0.1) is 10.1 Å². The molecule has 1 aromatic carbocycles. The fourth-order valence-corrected chi connectivity index (χ4v) is 3.82. The molecular weight excluding hydrogens is 534 g/mol. The minimum Gasteiger partial charge on any atom is -0.481 e. The third-order valence-electron chi connectivity index (χ3n) is 6.21. The Morgan fingerprint density at radius 1 is 0.976 bits per heavy atom. The molecule has 0 fully saturated rings. The average molecular weight is 568 g/mol. The number of methoxy groups -OCH3 is 2. The summed E-state index contributed by atoms with van der Waals surface area (Å²) in [5, 5.41) is 14.5. The van der Waals surface area contributed by atoms with Crippen molar-refractivity contribution in [2.45, 2.75) is 51.0 Å². The zero-order valence-corrected chi connectivity index (χ0v) is 23.2. The Morgan fingerprint density at radius 2 is 1.54 bits per heavy atom. The molecule has 0 radical (unpaired) electrons. The van der Waals surface area contributed by atoms with Crippen LogP contribution in [0.1, 0.15) is 31.4 Å². The largest absolute Gasteiger partial charge is 0.481 e. The van der Waals surface area contributed by atoms with Gasteiger partial charge in [-0.25, -0.2) is 14.8 Å². The summed E-state index contributed by atoms with van der Waals surface area (Å²) in [5.41, 5.74) is 7.35. The van der Waals surface area contributed by atoms with Crippen molar-refractivity contribution in [1.82, 2.24) is 9.97 Å². The highest BCUT2D eigenvalue weighted by Crippen LogP contribution is 2.27. The van der Waals surface area contributed by atoms with Crippen molar-refractivity contribution in [2.75, 3.05) is 19.5 Å². The number of ether oxygens (including phenoxy) is 4. The molecule has 2 aromatic heterocycles. The third kappa shape index (κ3) is 8.60. The van der Waals surface area contributed by atoms with Crippen LogP contribution in [0.2, 0.25) is 0 Å². The number of nitrogens with two attached hydrogens (primary N) is 1. The van der Waals surface area contributed by atoms with Gasteiger partial charge in [-0.1, -0.05) is 19.1 Å². The van der Waals surface area contributed by atoms with Crippen LogP contribution in [0.15, 0.2) is 60.9 Å². The number of carbonyl (C=O) groups excluding carboxylic acids is 2. The molecule has 0 spiro atoms. The molecule has 3 unspecified atom stereocenters. The lowest BCUT2D eigenvalue weighted by atomic mass is 10.1. The molecule has 13 nitrogen and oxygen atoms in total. The van der Waals surface area contributed by atoms with Crippen LogP contribution < -0.4 is 20.5 Å². The Morgan fingerprint density at radius 3 is 2.10 bits per heavy atom. The molecule has 3 aromatic rings. The number of nitrogens with one attached hydrogen (secondary N) is 1. The second kappa shape index (κ2) is 14.0. The van der Waals surface area contributed by atoms with E-state index in [-0.39, 0.29) is 30.6 Å². The first-order chi connectivity index (χ1) is 19.6. The van der Waals surface area contributed by atoms with Crippen LogP contribution in [0.5, 0.6) is 11.8 Å². The Balaban J connectivity index is 1.80. The van der Waals surface area contributed by atoms with Gasteiger partial charge < -0.3 is 30.0 Å². The lowest BCUT2D eigenvalue weighted by Gasteiger charge is -2.31. The Bertz CT molecular complexity index is 1370. The fraction of sp³-hybridized carbons (Fsp3) is 0.357. The third-order valence-corrected chi connectivity index (χ3v) is 6.21. The van der Waals surface area contributed by atoms with Crippen LogP contribution in [-0.2, 0) is 31.9 Å². The van der Waals surface area contributed by atoms with Crippen molar-refractivity contribution in [3.63, 3.8) is 0 Å². The monoisotopic (exact) mass is 567 g/mol. The second-order valence-electron chi connectivity index (χ2n) is 9.23. The predicted molar refractivity (Wildman–Crippen MR) is 148 cm³/mol. The molecule has 0 aliphatic heterocycles. The SMILES string of the molecule is CCC(C)(OC(=O)C(N)Cc1ccnc(OC)c1)OC(=O)C(Cc1ccnc(OC)c1)Nc1ccccc1[N+](=O)[O-]. The summed E-state index contributed by atoms with van der Waals surface area (Å²) in [7, 11) is 2.94. The molecule has 0 bridgehead atoms. The molecule has 218 valence electrons. The molecule has 0 aliphatic carbocycles. The van der Waals surface area contributed by atoms with Crippen molar-refractivity contribution in [1.29, 1.82) is 0 Å². The van der Waals surface area contributed by atoms with E-state index in [1.165, 1.54) is 51.7 Å². The van der Waals surface area contributed by atoms with Crippen molar-refractivity contribution in [2.24, 2.45) is 5.73 Å². The Kier molecular flexibility index (Phi) is 10.5. The van der Waals surface area contributed by atoms with Gasteiger partial charge in [0.05, 0.1) is 19.1 Å². The Hall–Kier alpha value is -4.78. The minimum atomic E-state index is -1.67. The summed E-state index contributed by atoms with van der Waals surface area (Å²) in [6, 6.07) is 10.4. The molecule has 0 saturated heterocycles. The smallest absolute Gasteiger partial charge is 0.332 e. The highest BCUT2D eigenvalue weighted by Gasteiger charge is 2.36. The van der Waals surface area contributed by atoms with Crippen LogP contribution >= 0.6 is 0 Å². The molecule has 2 heterocycles. The number of pyridine rings is 2. The van der Waals surface area contributed by atoms with E-state index in [4.69, 9.17) is 24.7 Å². The van der Waals surface area contributed by atoms with Crippen LogP contribution in [-0.4, -0.2) is 58.9 Å². The number of benzene rings is 1. The topological polar surface area (TPSA) is 178 Å². The van der Waals surface area contributed by atoms with Gasteiger partial charge >= 0.3 is 11.9 Å². The number of esters is 2. The average Bonchev–Trinajstić information content (AvgIpc) is 2.97. The highest BCUT2D eigenvalue weighted by molar-refractivity contribution is 5.82. The number of rotatable bonds is 14. The Labute approximate surface area is 237 Å². The van der Waals surface area contributed by atoms with Gasteiger partial charge in [-0.05, 0) is 35.7 Å². The van der Waals surface area contributed by atoms with Crippen molar-refractivity contribution >= 4 is 23.3 Å². The summed E-state index contributed by atoms with van der Waals surface area (Å²) < 4.78 is 21.6. The first-order valence-electron chi connectivity index (χ1n) is 12.8.